The molecule has 0 aliphatic rings. The fraction of sp³-hybridized carbons (Fsp3) is 0.333. The van der Waals surface area contributed by atoms with E-state index in [1.165, 1.54) is 0 Å². The summed E-state index contributed by atoms with van der Waals surface area (Å²) in [5.74, 6) is 0.0802. The van der Waals surface area contributed by atoms with Crippen LogP contribution in [0.1, 0.15) is 27.1 Å². The van der Waals surface area contributed by atoms with Crippen molar-refractivity contribution in [1.29, 1.82) is 0 Å². The zero-order chi connectivity index (χ0) is 18.4. The van der Waals surface area contributed by atoms with E-state index in [0.29, 0.717) is 17.5 Å². The van der Waals surface area contributed by atoms with Crippen molar-refractivity contribution in [2.75, 3.05) is 28.2 Å². The monoisotopic (exact) mass is 338 g/mol. The molecule has 0 spiro atoms. The highest BCUT2D eigenvalue weighted by atomic mass is 16.1. The summed E-state index contributed by atoms with van der Waals surface area (Å²) < 4.78 is 0. The van der Waals surface area contributed by atoms with Crippen molar-refractivity contribution < 1.29 is 9.59 Å². The van der Waals surface area contributed by atoms with Gasteiger partial charge in [0.05, 0.1) is 12.1 Å². The van der Waals surface area contributed by atoms with Gasteiger partial charge in [-0.2, -0.15) is 0 Å². The second-order valence-electron chi connectivity index (χ2n) is 6.66. The number of nitrogens with zero attached hydrogens (tertiary/aromatic N) is 2. The van der Waals surface area contributed by atoms with E-state index in [-0.39, 0.29) is 23.7 Å². The van der Waals surface area contributed by atoms with Crippen molar-refractivity contribution in [3.05, 3.63) is 71.8 Å². The van der Waals surface area contributed by atoms with Gasteiger partial charge in [-0.1, -0.05) is 60.7 Å². The van der Waals surface area contributed by atoms with Crippen LogP contribution in [-0.4, -0.2) is 61.6 Å². The Morgan fingerprint density at radius 3 is 1.28 bits per heavy atom. The average Bonchev–Trinajstić information content (AvgIpc) is 2.62. The molecule has 2 atom stereocenters. The number of hydrogen-bond donors (Lipinski definition) is 0. The smallest absolute Gasteiger partial charge is 0.179 e. The van der Waals surface area contributed by atoms with Gasteiger partial charge >= 0.3 is 0 Å². The molecule has 4 heteroatoms. The number of Topliss-reactive ketones (excluding diaryl/α,β-unsaturated/α-hetero) is 2. The summed E-state index contributed by atoms with van der Waals surface area (Å²) in [6, 6.07) is 17.8. The molecule has 0 bridgehead atoms. The highest BCUT2D eigenvalue weighted by molar-refractivity contribution is 6.03. The Morgan fingerprint density at radius 2 is 1.00 bits per heavy atom. The lowest BCUT2D eigenvalue weighted by Gasteiger charge is -2.30. The minimum absolute atomic E-state index is 0.0401. The Labute approximate surface area is 150 Å². The second kappa shape index (κ2) is 8.70. The third-order valence-electron chi connectivity index (χ3n) is 4.42. The van der Waals surface area contributed by atoms with Crippen LogP contribution in [0.5, 0.6) is 0 Å². The molecule has 0 aliphatic heterocycles. The van der Waals surface area contributed by atoms with Gasteiger partial charge in [-0.3, -0.25) is 19.4 Å². The van der Waals surface area contributed by atoms with Crippen molar-refractivity contribution in [3.63, 3.8) is 0 Å². The molecule has 2 unspecified atom stereocenters. The number of benzene rings is 2. The molecule has 0 heterocycles. The fourth-order valence-corrected chi connectivity index (χ4v) is 2.91. The van der Waals surface area contributed by atoms with Crippen LogP contribution >= 0.6 is 0 Å². The van der Waals surface area contributed by atoms with Crippen LogP contribution < -0.4 is 0 Å². The Bertz CT molecular complexity index is 635. The van der Waals surface area contributed by atoms with Crippen LogP contribution in [0.15, 0.2) is 60.7 Å². The summed E-state index contributed by atoms with van der Waals surface area (Å²) in [5.41, 5.74) is 1.34. The van der Waals surface area contributed by atoms with Crippen LogP contribution in [0.2, 0.25) is 0 Å². The average molecular weight is 338 g/mol. The van der Waals surface area contributed by atoms with E-state index < -0.39 is 0 Å². The molecule has 0 saturated carbocycles. The quantitative estimate of drug-likeness (QED) is 0.694. The number of carbonyl (C=O) groups excluding carboxylic acids is 2. The van der Waals surface area contributed by atoms with Crippen molar-refractivity contribution in [1.82, 2.24) is 9.80 Å². The molecule has 0 aromatic heterocycles. The van der Waals surface area contributed by atoms with Gasteiger partial charge in [-0.25, -0.2) is 0 Å². The normalized spacial score (nSPS) is 13.7. The van der Waals surface area contributed by atoms with Crippen molar-refractivity contribution in [2.24, 2.45) is 0 Å². The van der Waals surface area contributed by atoms with E-state index in [1.807, 2.05) is 98.7 Å². The number of likely N-dealkylation sites (N-methyl/N-ethyl adjacent to an activating group) is 2. The molecule has 0 N–H and O–H groups in total. The fourth-order valence-electron chi connectivity index (χ4n) is 2.91. The number of rotatable bonds is 8. The van der Waals surface area contributed by atoms with Gasteiger partial charge in [-0.05, 0) is 34.6 Å². The van der Waals surface area contributed by atoms with Crippen LogP contribution in [0, 0.1) is 0 Å². The van der Waals surface area contributed by atoms with Crippen LogP contribution in [0.4, 0.5) is 0 Å². The first-order chi connectivity index (χ1) is 11.9. The van der Waals surface area contributed by atoms with Gasteiger partial charge in [-0.15, -0.1) is 0 Å². The van der Waals surface area contributed by atoms with Gasteiger partial charge in [0, 0.05) is 11.1 Å². The summed E-state index contributed by atoms with van der Waals surface area (Å²) in [7, 11) is 7.52. The molecule has 0 fully saturated rings. The molecule has 4 nitrogen and oxygen atoms in total. The molecular weight excluding hydrogens is 312 g/mol. The van der Waals surface area contributed by atoms with Crippen LogP contribution in [-0.2, 0) is 0 Å². The van der Waals surface area contributed by atoms with Crippen molar-refractivity contribution >= 4 is 11.6 Å². The van der Waals surface area contributed by atoms with E-state index in [2.05, 4.69) is 0 Å². The lowest BCUT2D eigenvalue weighted by Crippen LogP contribution is -2.45. The topological polar surface area (TPSA) is 40.6 Å². The Balaban J connectivity index is 2.26. The van der Waals surface area contributed by atoms with Gasteiger partial charge in [0.25, 0.3) is 0 Å². The molecule has 2 aromatic rings. The van der Waals surface area contributed by atoms with E-state index in [1.54, 1.807) is 0 Å². The Hall–Kier alpha value is -2.30. The molecule has 132 valence electrons. The standard InChI is InChI=1S/C21H26N2O2/c1-22(2)18(20(24)16-11-7-5-8-12-16)15-19(23(3)4)21(25)17-13-9-6-10-14-17/h5-14,18-19H,15H2,1-4H3. The minimum atomic E-state index is -0.359. The van der Waals surface area contributed by atoms with Crippen molar-refractivity contribution in [3.8, 4) is 0 Å². The molecule has 0 radical (unpaired) electrons. The van der Waals surface area contributed by atoms with Gasteiger partial charge in [0.15, 0.2) is 11.6 Å². The molecule has 0 amide bonds. The van der Waals surface area contributed by atoms with Crippen molar-refractivity contribution in [2.45, 2.75) is 18.5 Å². The third kappa shape index (κ3) is 4.84. The molecular formula is C21H26N2O2. The van der Waals surface area contributed by atoms with Crippen LogP contribution in [0.25, 0.3) is 0 Å². The first-order valence-electron chi connectivity index (χ1n) is 8.43. The molecule has 2 rings (SSSR count). The lowest BCUT2D eigenvalue weighted by atomic mass is 9.92. The molecule has 25 heavy (non-hydrogen) atoms. The summed E-state index contributed by atoms with van der Waals surface area (Å²) in [6.07, 6.45) is 0.446. The van der Waals surface area contributed by atoms with Crippen LogP contribution in [0.3, 0.4) is 0 Å². The SMILES string of the molecule is CN(C)C(CC(C(=O)c1ccccc1)N(C)C)C(=O)c1ccccc1. The maximum absolute atomic E-state index is 12.9. The highest BCUT2D eigenvalue weighted by Gasteiger charge is 2.31. The minimum Gasteiger partial charge on any atom is -0.299 e. The van der Waals surface area contributed by atoms with E-state index in [4.69, 9.17) is 0 Å². The Morgan fingerprint density at radius 1 is 0.680 bits per heavy atom. The lowest BCUT2D eigenvalue weighted by molar-refractivity contribution is 0.0764. The second-order valence-corrected chi connectivity index (χ2v) is 6.66. The first-order valence-corrected chi connectivity index (χ1v) is 8.43. The summed E-state index contributed by atoms with van der Waals surface area (Å²) in [4.78, 5) is 29.6. The zero-order valence-corrected chi connectivity index (χ0v) is 15.3. The summed E-state index contributed by atoms with van der Waals surface area (Å²) >= 11 is 0. The summed E-state index contributed by atoms with van der Waals surface area (Å²) in [5, 5.41) is 0. The van der Waals surface area contributed by atoms with Gasteiger partial charge in [0.2, 0.25) is 0 Å². The maximum Gasteiger partial charge on any atom is 0.179 e. The zero-order valence-electron chi connectivity index (χ0n) is 15.3. The Kier molecular flexibility index (Phi) is 6.62. The van der Waals surface area contributed by atoms with Gasteiger partial charge in [0.1, 0.15) is 0 Å². The highest BCUT2D eigenvalue weighted by Crippen LogP contribution is 2.18. The largest absolute Gasteiger partial charge is 0.299 e. The van der Waals surface area contributed by atoms with E-state index >= 15 is 0 Å². The number of ketones is 2. The number of hydrogen-bond acceptors (Lipinski definition) is 4. The predicted molar refractivity (Wildman–Crippen MR) is 101 cm³/mol. The van der Waals surface area contributed by atoms with Gasteiger partial charge < -0.3 is 0 Å². The number of carbonyl (C=O) groups is 2. The molecule has 0 saturated heterocycles. The summed E-state index contributed by atoms with van der Waals surface area (Å²) in [6.45, 7) is 0. The maximum atomic E-state index is 12.9. The predicted octanol–water partition coefficient (Wildman–Crippen LogP) is 3.00. The van der Waals surface area contributed by atoms with E-state index in [9.17, 15) is 9.59 Å². The molecule has 2 aromatic carbocycles. The third-order valence-corrected chi connectivity index (χ3v) is 4.42. The molecule has 0 aliphatic carbocycles. The first kappa shape index (κ1) is 19.0. The van der Waals surface area contributed by atoms with E-state index in [0.717, 1.165) is 0 Å².